The topological polar surface area (TPSA) is 107 Å². The van der Waals surface area contributed by atoms with Crippen molar-refractivity contribution in [2.24, 2.45) is 5.73 Å². The number of carbonyl (C=O) groups excluding carboxylic acids is 1. The number of carbonyl (C=O) groups is 1. The second-order valence-corrected chi connectivity index (χ2v) is 3.75. The third-order valence-corrected chi connectivity index (χ3v) is 2.16. The van der Waals surface area contributed by atoms with Crippen molar-refractivity contribution in [2.45, 2.75) is 13.0 Å². The highest BCUT2D eigenvalue weighted by Gasteiger charge is 2.09. The van der Waals surface area contributed by atoms with E-state index in [1.54, 1.807) is 13.0 Å². The zero-order valence-corrected chi connectivity index (χ0v) is 11.2. The molecule has 106 valence electrons. The molecular formula is C11H16ClN3O4. The summed E-state index contributed by atoms with van der Waals surface area (Å²) in [5, 5.41) is 13.1. The van der Waals surface area contributed by atoms with E-state index in [2.05, 4.69) is 5.32 Å². The van der Waals surface area contributed by atoms with E-state index in [1.807, 2.05) is 0 Å². The minimum atomic E-state index is -0.524. The van der Waals surface area contributed by atoms with Gasteiger partial charge in [-0.3, -0.25) is 14.9 Å². The predicted octanol–water partition coefficient (Wildman–Crippen LogP) is 0.859. The molecule has 0 aliphatic carbocycles. The normalized spacial score (nSPS) is 11.1. The van der Waals surface area contributed by atoms with Crippen molar-refractivity contribution in [3.8, 4) is 5.75 Å². The highest BCUT2D eigenvalue weighted by molar-refractivity contribution is 5.85. The maximum absolute atomic E-state index is 11.4. The van der Waals surface area contributed by atoms with Crippen LogP contribution < -0.4 is 15.8 Å². The average Bonchev–Trinajstić information content (AvgIpc) is 2.36. The summed E-state index contributed by atoms with van der Waals surface area (Å²) >= 11 is 0. The number of nitro benzene ring substituents is 1. The van der Waals surface area contributed by atoms with E-state index in [0.717, 1.165) is 0 Å². The Morgan fingerprint density at radius 1 is 1.58 bits per heavy atom. The number of rotatable bonds is 6. The molecule has 1 amide bonds. The molecule has 0 aromatic heterocycles. The molecule has 0 saturated carbocycles. The number of nitrogens with zero attached hydrogens (tertiary/aromatic N) is 1. The SMILES string of the molecule is C[C@@H](CN)NC(=O)COc1cccc([N+](=O)[O-])c1.Cl. The number of nitrogens with two attached hydrogens (primary N) is 1. The molecule has 1 aromatic rings. The van der Waals surface area contributed by atoms with Gasteiger partial charge in [-0.15, -0.1) is 12.4 Å². The Balaban J connectivity index is 0.00000324. The highest BCUT2D eigenvalue weighted by Crippen LogP contribution is 2.18. The largest absolute Gasteiger partial charge is 0.484 e. The summed E-state index contributed by atoms with van der Waals surface area (Å²) in [6, 6.07) is 5.52. The van der Waals surface area contributed by atoms with Crippen LogP contribution in [0.1, 0.15) is 6.92 Å². The zero-order valence-electron chi connectivity index (χ0n) is 10.4. The van der Waals surface area contributed by atoms with Crippen LogP contribution in [0.25, 0.3) is 0 Å². The fourth-order valence-corrected chi connectivity index (χ4v) is 1.21. The summed E-state index contributed by atoms with van der Waals surface area (Å²) in [6.07, 6.45) is 0. The van der Waals surface area contributed by atoms with E-state index in [4.69, 9.17) is 10.5 Å². The van der Waals surface area contributed by atoms with Crippen LogP contribution in [0.5, 0.6) is 5.75 Å². The molecule has 0 saturated heterocycles. The number of ether oxygens (including phenoxy) is 1. The average molecular weight is 290 g/mol. The molecule has 0 fully saturated rings. The quantitative estimate of drug-likeness (QED) is 0.596. The lowest BCUT2D eigenvalue weighted by Crippen LogP contribution is -2.40. The second-order valence-electron chi connectivity index (χ2n) is 3.75. The fourth-order valence-electron chi connectivity index (χ4n) is 1.21. The molecule has 0 aliphatic rings. The number of hydrogen-bond donors (Lipinski definition) is 2. The summed E-state index contributed by atoms with van der Waals surface area (Å²) in [4.78, 5) is 21.4. The molecule has 1 atom stereocenters. The van der Waals surface area contributed by atoms with Crippen LogP contribution in [0, 0.1) is 10.1 Å². The number of nitro groups is 1. The predicted molar refractivity (Wildman–Crippen MR) is 72.5 cm³/mol. The lowest BCUT2D eigenvalue weighted by atomic mass is 10.3. The van der Waals surface area contributed by atoms with Crippen molar-refractivity contribution in [3.63, 3.8) is 0 Å². The summed E-state index contributed by atoms with van der Waals surface area (Å²) in [5.74, 6) is -0.0424. The van der Waals surface area contributed by atoms with Gasteiger partial charge in [0.1, 0.15) is 5.75 Å². The first-order valence-electron chi connectivity index (χ1n) is 5.39. The van der Waals surface area contributed by atoms with Gasteiger partial charge in [0.25, 0.3) is 11.6 Å². The van der Waals surface area contributed by atoms with Crippen molar-refractivity contribution < 1.29 is 14.5 Å². The number of amides is 1. The summed E-state index contributed by atoms with van der Waals surface area (Å²) in [5.41, 5.74) is 5.27. The smallest absolute Gasteiger partial charge is 0.273 e. The number of halogens is 1. The summed E-state index contributed by atoms with van der Waals surface area (Å²) < 4.78 is 5.15. The lowest BCUT2D eigenvalue weighted by molar-refractivity contribution is -0.384. The molecular weight excluding hydrogens is 274 g/mol. The molecule has 7 nitrogen and oxygen atoms in total. The molecule has 1 rings (SSSR count). The molecule has 0 bridgehead atoms. The van der Waals surface area contributed by atoms with Crippen molar-refractivity contribution in [1.29, 1.82) is 0 Å². The van der Waals surface area contributed by atoms with E-state index >= 15 is 0 Å². The Labute approximate surface area is 116 Å². The van der Waals surface area contributed by atoms with E-state index in [9.17, 15) is 14.9 Å². The first-order valence-corrected chi connectivity index (χ1v) is 5.39. The van der Waals surface area contributed by atoms with Crippen LogP contribution >= 0.6 is 12.4 Å². The van der Waals surface area contributed by atoms with E-state index < -0.39 is 4.92 Å². The van der Waals surface area contributed by atoms with Gasteiger partial charge in [-0.25, -0.2) is 0 Å². The minimum Gasteiger partial charge on any atom is -0.484 e. The maximum atomic E-state index is 11.4. The van der Waals surface area contributed by atoms with Gasteiger partial charge in [0.05, 0.1) is 11.0 Å². The molecule has 19 heavy (non-hydrogen) atoms. The van der Waals surface area contributed by atoms with Crippen molar-refractivity contribution in [3.05, 3.63) is 34.4 Å². The summed E-state index contributed by atoms with van der Waals surface area (Å²) in [7, 11) is 0. The van der Waals surface area contributed by atoms with Crippen molar-refractivity contribution in [1.82, 2.24) is 5.32 Å². The van der Waals surface area contributed by atoms with Gasteiger partial charge in [0.2, 0.25) is 0 Å². The van der Waals surface area contributed by atoms with Gasteiger partial charge in [0, 0.05) is 18.7 Å². The molecule has 3 N–H and O–H groups in total. The minimum absolute atomic E-state index is 0. The monoisotopic (exact) mass is 289 g/mol. The van der Waals surface area contributed by atoms with Crippen molar-refractivity contribution in [2.75, 3.05) is 13.2 Å². The molecule has 0 radical (unpaired) electrons. The first kappa shape index (κ1) is 17.1. The molecule has 0 aliphatic heterocycles. The standard InChI is InChI=1S/C11H15N3O4.ClH/c1-8(6-12)13-11(15)7-18-10-4-2-3-9(5-10)14(16)17;/h2-5,8H,6-7,12H2,1H3,(H,13,15);1H/t8-;/m0./s1. The Morgan fingerprint density at radius 2 is 2.26 bits per heavy atom. The Morgan fingerprint density at radius 3 is 2.84 bits per heavy atom. The van der Waals surface area contributed by atoms with E-state index in [0.29, 0.717) is 6.54 Å². The number of nitrogens with one attached hydrogen (secondary N) is 1. The maximum Gasteiger partial charge on any atom is 0.273 e. The molecule has 0 spiro atoms. The molecule has 0 unspecified atom stereocenters. The number of hydrogen-bond acceptors (Lipinski definition) is 5. The Bertz CT molecular complexity index is 442. The zero-order chi connectivity index (χ0) is 13.5. The van der Waals surface area contributed by atoms with Crippen LogP contribution in [-0.2, 0) is 4.79 Å². The lowest BCUT2D eigenvalue weighted by Gasteiger charge is -2.11. The first-order chi connectivity index (χ1) is 8.52. The second kappa shape index (κ2) is 8.28. The Kier molecular flexibility index (Phi) is 7.47. The Hall–Kier alpha value is -1.86. The van der Waals surface area contributed by atoms with Gasteiger partial charge in [-0.1, -0.05) is 6.07 Å². The van der Waals surface area contributed by atoms with Crippen LogP contribution in [0.2, 0.25) is 0 Å². The summed E-state index contributed by atoms with van der Waals surface area (Å²) in [6.45, 7) is 1.90. The van der Waals surface area contributed by atoms with Crippen LogP contribution in [0.3, 0.4) is 0 Å². The molecule has 0 heterocycles. The number of non-ortho nitro benzene ring substituents is 1. The van der Waals surface area contributed by atoms with E-state index in [1.165, 1.54) is 18.2 Å². The van der Waals surface area contributed by atoms with E-state index in [-0.39, 0.29) is 42.4 Å². The van der Waals surface area contributed by atoms with Gasteiger partial charge in [-0.2, -0.15) is 0 Å². The van der Waals surface area contributed by atoms with Crippen LogP contribution in [0.4, 0.5) is 5.69 Å². The van der Waals surface area contributed by atoms with Crippen LogP contribution in [-0.4, -0.2) is 30.0 Å². The van der Waals surface area contributed by atoms with Crippen molar-refractivity contribution >= 4 is 24.0 Å². The van der Waals surface area contributed by atoms with Gasteiger partial charge in [-0.05, 0) is 13.0 Å². The molecule has 1 aromatic carbocycles. The number of benzene rings is 1. The van der Waals surface area contributed by atoms with Gasteiger partial charge < -0.3 is 15.8 Å². The highest BCUT2D eigenvalue weighted by atomic mass is 35.5. The molecule has 8 heteroatoms. The third-order valence-electron chi connectivity index (χ3n) is 2.16. The van der Waals surface area contributed by atoms with Gasteiger partial charge >= 0.3 is 0 Å². The van der Waals surface area contributed by atoms with Crippen LogP contribution in [0.15, 0.2) is 24.3 Å². The van der Waals surface area contributed by atoms with Gasteiger partial charge in [0.15, 0.2) is 6.61 Å². The third kappa shape index (κ3) is 6.03. The fraction of sp³-hybridized carbons (Fsp3) is 0.364.